The molecule has 0 saturated heterocycles. The first-order valence-electron chi connectivity index (χ1n) is 3.49. The van der Waals surface area contributed by atoms with Crippen molar-refractivity contribution in [2.24, 2.45) is 4.99 Å². The van der Waals surface area contributed by atoms with E-state index in [1.54, 1.807) is 0 Å². The summed E-state index contributed by atoms with van der Waals surface area (Å²) in [6, 6.07) is 6.25. The van der Waals surface area contributed by atoms with Gasteiger partial charge in [-0.05, 0) is 24.1 Å². The maximum Gasteiger partial charge on any atom is 0.0664 e. The van der Waals surface area contributed by atoms with Gasteiger partial charge in [0.05, 0.1) is 5.69 Å². The number of hydrogen-bond acceptors (Lipinski definition) is 1. The number of hydrogen-bond donors (Lipinski definition) is 0. The fourth-order valence-electron chi connectivity index (χ4n) is 1.31. The van der Waals surface area contributed by atoms with Crippen LogP contribution in [-0.4, -0.2) is 6.21 Å². The Kier molecular flexibility index (Phi) is 1.10. The van der Waals surface area contributed by atoms with Crippen LogP contribution in [0.25, 0.3) is 0 Å². The van der Waals surface area contributed by atoms with Gasteiger partial charge in [-0.1, -0.05) is 12.1 Å². The van der Waals surface area contributed by atoms with Gasteiger partial charge in [0.15, 0.2) is 0 Å². The molecule has 0 aromatic heterocycles. The van der Waals surface area contributed by atoms with E-state index in [4.69, 9.17) is 0 Å². The van der Waals surface area contributed by atoms with Crippen LogP contribution in [0.1, 0.15) is 11.1 Å². The van der Waals surface area contributed by atoms with Gasteiger partial charge in [0.25, 0.3) is 0 Å². The predicted octanol–water partition coefficient (Wildman–Crippen LogP) is 2.25. The number of aliphatic imine (C=N–C) groups is 1. The first-order chi connectivity index (χ1) is 4.88. The Morgan fingerprint density at radius 2 is 2.30 bits per heavy atom. The van der Waals surface area contributed by atoms with Crippen LogP contribution in [0.3, 0.4) is 0 Å². The average molecular weight is 131 g/mol. The van der Waals surface area contributed by atoms with Crippen LogP contribution in [0.5, 0.6) is 0 Å². The lowest BCUT2D eigenvalue weighted by Crippen LogP contribution is -1.83. The van der Waals surface area contributed by atoms with E-state index < -0.39 is 0 Å². The smallest absolute Gasteiger partial charge is 0.0664 e. The second kappa shape index (κ2) is 1.94. The number of rotatable bonds is 0. The van der Waals surface area contributed by atoms with Gasteiger partial charge >= 0.3 is 0 Å². The van der Waals surface area contributed by atoms with Crippen molar-refractivity contribution in [2.45, 2.75) is 13.3 Å². The molecule has 0 N–H and O–H groups in total. The number of fused-ring (bicyclic) bond motifs is 1. The third-order valence-corrected chi connectivity index (χ3v) is 1.91. The maximum atomic E-state index is 4.24. The highest BCUT2D eigenvalue weighted by Gasteiger charge is 2.06. The maximum absolute atomic E-state index is 4.24. The number of benzene rings is 1. The molecular formula is C9H9N. The zero-order valence-corrected chi connectivity index (χ0v) is 5.96. The Morgan fingerprint density at radius 3 is 3.10 bits per heavy atom. The van der Waals surface area contributed by atoms with E-state index in [0.29, 0.717) is 0 Å². The minimum atomic E-state index is 1.02. The predicted molar refractivity (Wildman–Crippen MR) is 43.0 cm³/mol. The summed E-state index contributed by atoms with van der Waals surface area (Å²) < 4.78 is 0. The summed E-state index contributed by atoms with van der Waals surface area (Å²) in [6.07, 6.45) is 2.99. The first-order valence-corrected chi connectivity index (χ1v) is 3.49. The van der Waals surface area contributed by atoms with Crippen LogP contribution in [-0.2, 0) is 6.42 Å². The zero-order valence-electron chi connectivity index (χ0n) is 5.96. The van der Waals surface area contributed by atoms with Gasteiger partial charge in [0.2, 0.25) is 0 Å². The van der Waals surface area contributed by atoms with E-state index in [0.717, 1.165) is 12.1 Å². The van der Waals surface area contributed by atoms with Crippen molar-refractivity contribution in [1.82, 2.24) is 0 Å². The van der Waals surface area contributed by atoms with Crippen molar-refractivity contribution >= 4 is 11.9 Å². The highest BCUT2D eigenvalue weighted by Crippen LogP contribution is 2.25. The molecular weight excluding hydrogens is 122 g/mol. The number of aryl methyl sites for hydroxylation is 1. The van der Waals surface area contributed by atoms with Crippen molar-refractivity contribution in [3.8, 4) is 0 Å². The molecule has 0 unspecified atom stereocenters. The van der Waals surface area contributed by atoms with E-state index in [-0.39, 0.29) is 0 Å². The number of nitrogens with zero attached hydrogens (tertiary/aromatic N) is 1. The summed E-state index contributed by atoms with van der Waals surface area (Å²) in [5.41, 5.74) is 3.90. The Balaban J connectivity index is 2.66. The molecule has 0 fully saturated rings. The monoisotopic (exact) mass is 131 g/mol. The van der Waals surface area contributed by atoms with Crippen molar-refractivity contribution in [3.63, 3.8) is 0 Å². The molecule has 10 heavy (non-hydrogen) atoms. The Hall–Kier alpha value is -1.11. The second-order valence-electron chi connectivity index (χ2n) is 2.59. The van der Waals surface area contributed by atoms with Crippen LogP contribution >= 0.6 is 0 Å². The lowest BCUT2D eigenvalue weighted by molar-refractivity contribution is 1.31. The standard InChI is InChI=1S/C9H9N/c1-7-3-2-4-9-8(7)5-6-10-9/h2-4,6H,5H2,1H3. The third kappa shape index (κ3) is 0.670. The summed E-state index contributed by atoms with van der Waals surface area (Å²) in [6.45, 7) is 2.13. The van der Waals surface area contributed by atoms with Crippen LogP contribution in [0.2, 0.25) is 0 Å². The van der Waals surface area contributed by atoms with Crippen molar-refractivity contribution in [1.29, 1.82) is 0 Å². The van der Waals surface area contributed by atoms with Crippen molar-refractivity contribution in [3.05, 3.63) is 29.3 Å². The van der Waals surface area contributed by atoms with Gasteiger partial charge < -0.3 is 0 Å². The fraction of sp³-hybridized carbons (Fsp3) is 0.222. The molecule has 0 amide bonds. The topological polar surface area (TPSA) is 12.4 Å². The molecule has 1 aliphatic heterocycles. The van der Waals surface area contributed by atoms with Crippen molar-refractivity contribution in [2.75, 3.05) is 0 Å². The molecule has 0 atom stereocenters. The molecule has 1 nitrogen and oxygen atoms in total. The molecule has 0 aliphatic carbocycles. The van der Waals surface area contributed by atoms with E-state index in [1.165, 1.54) is 11.1 Å². The molecule has 0 spiro atoms. The largest absolute Gasteiger partial charge is 0.261 e. The van der Waals surface area contributed by atoms with E-state index in [1.807, 2.05) is 6.21 Å². The van der Waals surface area contributed by atoms with Crippen molar-refractivity contribution < 1.29 is 0 Å². The highest BCUT2D eigenvalue weighted by atomic mass is 14.7. The molecule has 1 aromatic carbocycles. The summed E-state index contributed by atoms with van der Waals surface area (Å²) in [4.78, 5) is 4.24. The molecule has 0 saturated carbocycles. The highest BCUT2D eigenvalue weighted by molar-refractivity contribution is 5.76. The van der Waals surface area contributed by atoms with Gasteiger partial charge in [-0.2, -0.15) is 0 Å². The summed E-state index contributed by atoms with van der Waals surface area (Å²) >= 11 is 0. The normalized spacial score (nSPS) is 13.7. The minimum Gasteiger partial charge on any atom is -0.261 e. The van der Waals surface area contributed by atoms with Gasteiger partial charge in [-0.25, -0.2) is 0 Å². The van der Waals surface area contributed by atoms with Gasteiger partial charge in [0.1, 0.15) is 0 Å². The van der Waals surface area contributed by atoms with E-state index in [2.05, 4.69) is 30.1 Å². The van der Waals surface area contributed by atoms with E-state index >= 15 is 0 Å². The van der Waals surface area contributed by atoms with Crippen LogP contribution < -0.4 is 0 Å². The molecule has 1 aromatic rings. The first kappa shape index (κ1) is 5.66. The van der Waals surface area contributed by atoms with E-state index in [9.17, 15) is 0 Å². The zero-order chi connectivity index (χ0) is 6.97. The third-order valence-electron chi connectivity index (χ3n) is 1.91. The minimum absolute atomic E-state index is 1.02. The summed E-state index contributed by atoms with van der Waals surface area (Å²) in [5.74, 6) is 0. The van der Waals surface area contributed by atoms with Crippen LogP contribution in [0.15, 0.2) is 23.2 Å². The van der Waals surface area contributed by atoms with Crippen LogP contribution in [0.4, 0.5) is 5.69 Å². The Labute approximate surface area is 60.4 Å². The molecule has 1 heterocycles. The molecule has 0 radical (unpaired) electrons. The fourth-order valence-corrected chi connectivity index (χ4v) is 1.31. The Morgan fingerprint density at radius 1 is 1.40 bits per heavy atom. The molecule has 2 rings (SSSR count). The summed E-state index contributed by atoms with van der Waals surface area (Å²) in [7, 11) is 0. The summed E-state index contributed by atoms with van der Waals surface area (Å²) in [5, 5.41) is 0. The Bertz CT molecular complexity index is 287. The molecule has 1 heteroatoms. The SMILES string of the molecule is Cc1cccc2c1CC=N2. The molecule has 50 valence electrons. The van der Waals surface area contributed by atoms with Crippen LogP contribution in [0, 0.1) is 6.92 Å². The van der Waals surface area contributed by atoms with Gasteiger partial charge in [-0.15, -0.1) is 0 Å². The van der Waals surface area contributed by atoms with Gasteiger partial charge in [0, 0.05) is 12.6 Å². The lowest BCUT2D eigenvalue weighted by Gasteiger charge is -1.99. The lowest BCUT2D eigenvalue weighted by atomic mass is 10.1. The molecule has 0 bridgehead atoms. The quantitative estimate of drug-likeness (QED) is 0.512. The van der Waals surface area contributed by atoms with Gasteiger partial charge in [-0.3, -0.25) is 4.99 Å². The second-order valence-corrected chi connectivity index (χ2v) is 2.59. The average Bonchev–Trinajstić information content (AvgIpc) is 2.36. The molecule has 1 aliphatic rings.